The number of piperidine rings is 1. The zero-order chi connectivity index (χ0) is 13.8. The van der Waals surface area contributed by atoms with Gasteiger partial charge in [0, 0.05) is 12.1 Å². The first-order valence-electron chi connectivity index (χ1n) is 8.56. The van der Waals surface area contributed by atoms with Gasteiger partial charge in [0.15, 0.2) is 0 Å². The van der Waals surface area contributed by atoms with Crippen LogP contribution in [0.5, 0.6) is 0 Å². The maximum atomic E-state index is 12.0. The molecule has 2 heterocycles. The largest absolute Gasteiger partial charge is 0.352 e. The standard InChI is InChI=1S/C16H29N3O/c20-16(18-14-4-1-2-5-14)12-19-10-7-13(8-11-19)15-6-3-9-17-15/h13-15,17H,1-12H2,(H,18,20). The molecule has 0 aromatic rings. The molecule has 4 heteroatoms. The average molecular weight is 279 g/mol. The van der Waals surface area contributed by atoms with Crippen LogP contribution in [-0.4, -0.2) is 49.1 Å². The first-order valence-corrected chi connectivity index (χ1v) is 8.56. The van der Waals surface area contributed by atoms with Gasteiger partial charge in [-0.15, -0.1) is 0 Å². The molecule has 1 atom stereocenters. The first-order chi connectivity index (χ1) is 9.81. The molecular formula is C16H29N3O. The highest BCUT2D eigenvalue weighted by atomic mass is 16.2. The third-order valence-corrected chi connectivity index (χ3v) is 5.39. The molecule has 114 valence electrons. The lowest BCUT2D eigenvalue weighted by Gasteiger charge is -2.34. The summed E-state index contributed by atoms with van der Waals surface area (Å²) in [6.07, 6.45) is 10.1. The quantitative estimate of drug-likeness (QED) is 0.820. The lowest BCUT2D eigenvalue weighted by molar-refractivity contribution is -0.123. The van der Waals surface area contributed by atoms with Crippen molar-refractivity contribution in [3.05, 3.63) is 0 Å². The van der Waals surface area contributed by atoms with Gasteiger partial charge >= 0.3 is 0 Å². The smallest absolute Gasteiger partial charge is 0.234 e. The second-order valence-electron chi connectivity index (χ2n) is 6.87. The van der Waals surface area contributed by atoms with Crippen LogP contribution in [0.25, 0.3) is 0 Å². The molecule has 0 spiro atoms. The highest BCUT2D eigenvalue weighted by molar-refractivity contribution is 5.78. The number of nitrogens with one attached hydrogen (secondary N) is 2. The molecule has 1 amide bonds. The van der Waals surface area contributed by atoms with Gasteiger partial charge in [0.05, 0.1) is 6.54 Å². The molecule has 0 aromatic heterocycles. The summed E-state index contributed by atoms with van der Waals surface area (Å²) in [7, 11) is 0. The van der Waals surface area contributed by atoms with E-state index < -0.39 is 0 Å². The molecule has 1 saturated carbocycles. The van der Waals surface area contributed by atoms with Crippen LogP contribution in [-0.2, 0) is 4.79 Å². The highest BCUT2D eigenvalue weighted by Gasteiger charge is 2.29. The number of amides is 1. The normalized spacial score (nSPS) is 29.9. The van der Waals surface area contributed by atoms with E-state index in [4.69, 9.17) is 0 Å². The van der Waals surface area contributed by atoms with Crippen molar-refractivity contribution in [2.75, 3.05) is 26.2 Å². The van der Waals surface area contributed by atoms with Crippen LogP contribution >= 0.6 is 0 Å². The van der Waals surface area contributed by atoms with Crippen molar-refractivity contribution in [1.29, 1.82) is 0 Å². The van der Waals surface area contributed by atoms with Crippen LogP contribution in [0, 0.1) is 5.92 Å². The Balaban J connectivity index is 1.36. The Morgan fingerprint density at radius 3 is 2.45 bits per heavy atom. The van der Waals surface area contributed by atoms with E-state index in [9.17, 15) is 4.79 Å². The predicted molar refractivity (Wildman–Crippen MR) is 80.6 cm³/mol. The Morgan fingerprint density at radius 2 is 1.80 bits per heavy atom. The van der Waals surface area contributed by atoms with E-state index in [2.05, 4.69) is 15.5 Å². The third kappa shape index (κ3) is 3.73. The Labute approximate surface area is 122 Å². The number of likely N-dealkylation sites (tertiary alicyclic amines) is 1. The minimum absolute atomic E-state index is 0.245. The van der Waals surface area contributed by atoms with Crippen molar-refractivity contribution < 1.29 is 4.79 Å². The lowest BCUT2D eigenvalue weighted by Crippen LogP contribution is -2.46. The van der Waals surface area contributed by atoms with E-state index in [1.807, 2.05) is 0 Å². The van der Waals surface area contributed by atoms with E-state index >= 15 is 0 Å². The molecule has 1 unspecified atom stereocenters. The van der Waals surface area contributed by atoms with Gasteiger partial charge in [0.1, 0.15) is 0 Å². The molecule has 3 rings (SSSR count). The maximum absolute atomic E-state index is 12.0. The van der Waals surface area contributed by atoms with Crippen molar-refractivity contribution in [3.63, 3.8) is 0 Å². The van der Waals surface area contributed by atoms with Gasteiger partial charge in [-0.05, 0) is 64.1 Å². The molecule has 2 N–H and O–H groups in total. The fourth-order valence-electron chi connectivity index (χ4n) is 4.17. The second kappa shape index (κ2) is 6.90. The Hall–Kier alpha value is -0.610. The predicted octanol–water partition coefficient (Wildman–Crippen LogP) is 1.51. The van der Waals surface area contributed by atoms with Crippen molar-refractivity contribution in [2.45, 2.75) is 63.5 Å². The van der Waals surface area contributed by atoms with Crippen LogP contribution in [0.1, 0.15) is 51.4 Å². The van der Waals surface area contributed by atoms with Gasteiger partial charge in [0.25, 0.3) is 0 Å². The SMILES string of the molecule is O=C(CN1CCC(C2CCCN2)CC1)NC1CCCC1. The summed E-state index contributed by atoms with van der Waals surface area (Å²) >= 11 is 0. The third-order valence-electron chi connectivity index (χ3n) is 5.39. The molecule has 20 heavy (non-hydrogen) atoms. The number of carbonyl (C=O) groups excluding carboxylic acids is 1. The van der Waals surface area contributed by atoms with Crippen molar-refractivity contribution in [2.24, 2.45) is 5.92 Å². The van der Waals surface area contributed by atoms with E-state index in [0.717, 1.165) is 25.0 Å². The van der Waals surface area contributed by atoms with Crippen molar-refractivity contribution in [3.8, 4) is 0 Å². The maximum Gasteiger partial charge on any atom is 0.234 e. The van der Waals surface area contributed by atoms with Gasteiger partial charge in [0.2, 0.25) is 5.91 Å². The summed E-state index contributed by atoms with van der Waals surface area (Å²) in [6.45, 7) is 4.01. The molecule has 3 aliphatic rings. The van der Waals surface area contributed by atoms with E-state index in [1.165, 1.54) is 57.9 Å². The van der Waals surface area contributed by atoms with Crippen molar-refractivity contribution in [1.82, 2.24) is 15.5 Å². The summed E-state index contributed by atoms with van der Waals surface area (Å²) in [4.78, 5) is 14.4. The Kier molecular flexibility index (Phi) is 4.94. The number of nitrogens with zero attached hydrogens (tertiary/aromatic N) is 1. The fourth-order valence-corrected chi connectivity index (χ4v) is 4.17. The summed E-state index contributed by atoms with van der Waals surface area (Å²) in [5, 5.41) is 6.83. The highest BCUT2D eigenvalue weighted by Crippen LogP contribution is 2.25. The van der Waals surface area contributed by atoms with Crippen molar-refractivity contribution >= 4 is 5.91 Å². The monoisotopic (exact) mass is 279 g/mol. The summed E-state index contributed by atoms with van der Waals surface area (Å²) < 4.78 is 0. The van der Waals surface area contributed by atoms with E-state index in [0.29, 0.717) is 12.6 Å². The van der Waals surface area contributed by atoms with Gasteiger partial charge in [-0.2, -0.15) is 0 Å². The molecule has 0 aromatic carbocycles. The Morgan fingerprint density at radius 1 is 1.05 bits per heavy atom. The zero-order valence-corrected chi connectivity index (χ0v) is 12.6. The lowest BCUT2D eigenvalue weighted by atomic mass is 9.88. The molecule has 2 aliphatic heterocycles. The van der Waals surface area contributed by atoms with Crippen LogP contribution in [0.2, 0.25) is 0 Å². The molecule has 3 fully saturated rings. The van der Waals surface area contributed by atoms with Crippen LogP contribution < -0.4 is 10.6 Å². The number of carbonyl (C=O) groups is 1. The summed E-state index contributed by atoms with van der Waals surface area (Å²) in [5.74, 6) is 1.08. The van der Waals surface area contributed by atoms with Gasteiger partial charge in [-0.1, -0.05) is 12.8 Å². The van der Waals surface area contributed by atoms with E-state index in [1.54, 1.807) is 0 Å². The summed E-state index contributed by atoms with van der Waals surface area (Å²) in [5.41, 5.74) is 0. The van der Waals surface area contributed by atoms with E-state index in [-0.39, 0.29) is 5.91 Å². The van der Waals surface area contributed by atoms with Crippen LogP contribution in [0.4, 0.5) is 0 Å². The van der Waals surface area contributed by atoms with Gasteiger partial charge < -0.3 is 10.6 Å². The molecule has 0 radical (unpaired) electrons. The topological polar surface area (TPSA) is 44.4 Å². The Bertz CT molecular complexity index is 314. The first kappa shape index (κ1) is 14.3. The second-order valence-corrected chi connectivity index (χ2v) is 6.87. The van der Waals surface area contributed by atoms with Crippen LogP contribution in [0.3, 0.4) is 0 Å². The molecule has 0 bridgehead atoms. The van der Waals surface area contributed by atoms with Crippen LogP contribution in [0.15, 0.2) is 0 Å². The molecule has 4 nitrogen and oxygen atoms in total. The number of hydrogen-bond donors (Lipinski definition) is 2. The molecular weight excluding hydrogens is 250 g/mol. The fraction of sp³-hybridized carbons (Fsp3) is 0.938. The average Bonchev–Trinajstić information content (AvgIpc) is 3.12. The minimum atomic E-state index is 0.245. The molecule has 1 aliphatic carbocycles. The number of hydrogen-bond acceptors (Lipinski definition) is 3. The van der Waals surface area contributed by atoms with Gasteiger partial charge in [-0.3, -0.25) is 9.69 Å². The summed E-state index contributed by atoms with van der Waals surface area (Å²) in [6, 6.07) is 1.21. The number of rotatable bonds is 4. The zero-order valence-electron chi connectivity index (χ0n) is 12.6. The molecule has 2 saturated heterocycles. The van der Waals surface area contributed by atoms with Gasteiger partial charge in [-0.25, -0.2) is 0 Å². The minimum Gasteiger partial charge on any atom is -0.352 e.